The van der Waals surface area contributed by atoms with Gasteiger partial charge in [-0.05, 0) is 0 Å². The van der Waals surface area contributed by atoms with Crippen molar-refractivity contribution in [1.82, 2.24) is 15.0 Å². The zero-order valence-electron chi connectivity index (χ0n) is 7.17. The molecule has 0 bridgehead atoms. The summed E-state index contributed by atoms with van der Waals surface area (Å²) in [6.07, 6.45) is 2.16. The summed E-state index contributed by atoms with van der Waals surface area (Å²) in [5, 5.41) is 10.6. The molecule has 0 unspecified atom stereocenters. The van der Waals surface area contributed by atoms with Gasteiger partial charge in [-0.25, -0.2) is 15.0 Å². The molecule has 0 aliphatic heterocycles. The van der Waals surface area contributed by atoms with Crippen molar-refractivity contribution in [3.63, 3.8) is 0 Å². The molecule has 0 radical (unpaired) electrons. The van der Waals surface area contributed by atoms with Gasteiger partial charge in [0.1, 0.15) is 12.7 Å². The standard InChI is InChI=1S/C7H8N4O3/c12-5(1-2-6(13)14)11-7-9-3-8-4-10-7/h3-4H,1-2H2,(H,13,14)(H,8,9,10,11,12). The molecule has 0 saturated heterocycles. The molecule has 1 aromatic heterocycles. The number of hydrogen-bond acceptors (Lipinski definition) is 5. The van der Waals surface area contributed by atoms with Crippen LogP contribution in [0.5, 0.6) is 0 Å². The molecule has 7 nitrogen and oxygen atoms in total. The molecule has 2 N–H and O–H groups in total. The molecule has 7 heteroatoms. The van der Waals surface area contributed by atoms with E-state index < -0.39 is 11.9 Å². The third-order valence-corrected chi connectivity index (χ3v) is 1.31. The molecule has 0 atom stereocenters. The van der Waals surface area contributed by atoms with E-state index in [0.717, 1.165) is 0 Å². The first kappa shape index (κ1) is 10.0. The van der Waals surface area contributed by atoms with Crippen molar-refractivity contribution in [3.8, 4) is 0 Å². The van der Waals surface area contributed by atoms with Gasteiger partial charge in [-0.2, -0.15) is 0 Å². The topological polar surface area (TPSA) is 105 Å². The number of hydrogen-bond donors (Lipinski definition) is 2. The molecule has 0 aliphatic rings. The lowest BCUT2D eigenvalue weighted by atomic mass is 10.3. The van der Waals surface area contributed by atoms with Crippen molar-refractivity contribution in [3.05, 3.63) is 12.7 Å². The highest BCUT2D eigenvalue weighted by atomic mass is 16.4. The molecular weight excluding hydrogens is 188 g/mol. The van der Waals surface area contributed by atoms with Crippen molar-refractivity contribution in [1.29, 1.82) is 0 Å². The summed E-state index contributed by atoms with van der Waals surface area (Å²) in [4.78, 5) is 32.0. The second-order valence-corrected chi connectivity index (χ2v) is 2.40. The first-order chi connectivity index (χ1) is 6.68. The smallest absolute Gasteiger partial charge is 0.303 e. The number of carbonyl (C=O) groups excluding carboxylic acids is 1. The van der Waals surface area contributed by atoms with Gasteiger partial charge in [-0.1, -0.05) is 0 Å². The van der Waals surface area contributed by atoms with E-state index in [1.165, 1.54) is 12.7 Å². The maximum absolute atomic E-state index is 11.0. The Balaban J connectivity index is 2.38. The van der Waals surface area contributed by atoms with E-state index in [4.69, 9.17) is 5.11 Å². The molecule has 14 heavy (non-hydrogen) atoms. The average molecular weight is 196 g/mol. The van der Waals surface area contributed by atoms with Gasteiger partial charge in [0.25, 0.3) is 0 Å². The van der Waals surface area contributed by atoms with Crippen LogP contribution in [0, 0.1) is 0 Å². The second kappa shape index (κ2) is 4.85. The lowest BCUT2D eigenvalue weighted by molar-refractivity contribution is -0.138. The van der Waals surface area contributed by atoms with Crippen LogP contribution in [0.2, 0.25) is 0 Å². The Labute approximate surface area is 79.2 Å². The predicted octanol–water partition coefficient (Wildman–Crippen LogP) is -0.325. The van der Waals surface area contributed by atoms with Gasteiger partial charge >= 0.3 is 5.97 Å². The van der Waals surface area contributed by atoms with Crippen LogP contribution in [0.3, 0.4) is 0 Å². The summed E-state index contributed by atoms with van der Waals surface area (Å²) in [7, 11) is 0. The fourth-order valence-corrected chi connectivity index (χ4v) is 0.711. The number of aliphatic carboxylic acids is 1. The maximum atomic E-state index is 11.0. The van der Waals surface area contributed by atoms with E-state index in [1.54, 1.807) is 0 Å². The number of carbonyl (C=O) groups is 2. The van der Waals surface area contributed by atoms with Gasteiger partial charge in [0.05, 0.1) is 6.42 Å². The maximum Gasteiger partial charge on any atom is 0.303 e. The van der Waals surface area contributed by atoms with Crippen LogP contribution in [0.25, 0.3) is 0 Å². The number of carboxylic acid groups (broad SMARTS) is 1. The third kappa shape index (κ3) is 3.57. The molecule has 0 fully saturated rings. The SMILES string of the molecule is O=C(O)CCC(=O)Nc1ncncn1. The Kier molecular flexibility index (Phi) is 3.48. The molecule has 0 aromatic carbocycles. The van der Waals surface area contributed by atoms with Gasteiger partial charge in [-0.15, -0.1) is 0 Å². The summed E-state index contributed by atoms with van der Waals surface area (Å²) in [6.45, 7) is 0. The number of rotatable bonds is 4. The molecular formula is C7H8N4O3. The monoisotopic (exact) mass is 196 g/mol. The molecule has 0 aliphatic carbocycles. The van der Waals surface area contributed by atoms with Crippen LogP contribution in [0.1, 0.15) is 12.8 Å². The van der Waals surface area contributed by atoms with E-state index in [9.17, 15) is 9.59 Å². The molecule has 0 saturated carbocycles. The van der Waals surface area contributed by atoms with Crippen LogP contribution >= 0.6 is 0 Å². The number of anilines is 1. The fourth-order valence-electron chi connectivity index (χ4n) is 0.711. The fraction of sp³-hybridized carbons (Fsp3) is 0.286. The van der Waals surface area contributed by atoms with E-state index >= 15 is 0 Å². The Morgan fingerprint density at radius 2 is 1.93 bits per heavy atom. The molecule has 1 heterocycles. The Morgan fingerprint density at radius 1 is 1.29 bits per heavy atom. The van der Waals surface area contributed by atoms with Crippen LogP contribution in [-0.4, -0.2) is 31.9 Å². The molecule has 74 valence electrons. The minimum Gasteiger partial charge on any atom is -0.481 e. The number of nitrogens with zero attached hydrogens (tertiary/aromatic N) is 3. The first-order valence-corrected chi connectivity index (χ1v) is 3.82. The average Bonchev–Trinajstić information content (AvgIpc) is 2.16. The molecule has 1 aromatic rings. The van der Waals surface area contributed by atoms with Crippen molar-refractivity contribution >= 4 is 17.8 Å². The third-order valence-electron chi connectivity index (χ3n) is 1.31. The molecule has 1 rings (SSSR count). The number of carboxylic acids is 1. The summed E-state index contributed by atoms with van der Waals surface area (Å²) < 4.78 is 0. The van der Waals surface area contributed by atoms with Gasteiger partial charge in [0, 0.05) is 6.42 Å². The normalized spacial score (nSPS) is 9.43. The summed E-state index contributed by atoms with van der Waals surface area (Å²) in [5.74, 6) is -1.33. The molecule has 0 spiro atoms. The minimum atomic E-state index is -1.02. The van der Waals surface area contributed by atoms with Gasteiger partial charge in [-0.3, -0.25) is 14.9 Å². The lowest BCUT2D eigenvalue weighted by Gasteiger charge is -1.99. The van der Waals surface area contributed by atoms with Crippen molar-refractivity contribution in [2.45, 2.75) is 12.8 Å². The minimum absolute atomic E-state index is 0.0962. The number of amides is 1. The zero-order valence-corrected chi connectivity index (χ0v) is 7.17. The quantitative estimate of drug-likeness (QED) is 0.683. The highest BCUT2D eigenvalue weighted by Crippen LogP contribution is 1.96. The molecule has 1 amide bonds. The highest BCUT2D eigenvalue weighted by Gasteiger charge is 2.06. The van der Waals surface area contributed by atoms with Crippen LogP contribution in [0.15, 0.2) is 12.7 Å². The summed E-state index contributed by atoms with van der Waals surface area (Å²) in [6, 6.07) is 0. The van der Waals surface area contributed by atoms with E-state index in [-0.39, 0.29) is 18.8 Å². The van der Waals surface area contributed by atoms with Crippen molar-refractivity contribution in [2.24, 2.45) is 0 Å². The summed E-state index contributed by atoms with van der Waals surface area (Å²) in [5.41, 5.74) is 0. The van der Waals surface area contributed by atoms with Gasteiger partial charge in [0.15, 0.2) is 0 Å². The van der Waals surface area contributed by atoms with Crippen LogP contribution < -0.4 is 5.32 Å². The first-order valence-electron chi connectivity index (χ1n) is 3.82. The highest BCUT2D eigenvalue weighted by molar-refractivity contribution is 5.90. The Morgan fingerprint density at radius 3 is 2.50 bits per heavy atom. The number of nitrogens with one attached hydrogen (secondary N) is 1. The zero-order chi connectivity index (χ0) is 10.4. The number of aromatic nitrogens is 3. The van der Waals surface area contributed by atoms with E-state index in [0.29, 0.717) is 0 Å². The van der Waals surface area contributed by atoms with Gasteiger partial charge < -0.3 is 5.11 Å². The Bertz CT molecular complexity index is 327. The Hall–Kier alpha value is -2.05. The second-order valence-electron chi connectivity index (χ2n) is 2.40. The van der Waals surface area contributed by atoms with Crippen molar-refractivity contribution < 1.29 is 14.7 Å². The van der Waals surface area contributed by atoms with Crippen LogP contribution in [0.4, 0.5) is 5.95 Å². The largest absolute Gasteiger partial charge is 0.481 e. The van der Waals surface area contributed by atoms with E-state index in [2.05, 4.69) is 20.3 Å². The van der Waals surface area contributed by atoms with Gasteiger partial charge in [0.2, 0.25) is 11.9 Å². The predicted molar refractivity (Wildman–Crippen MR) is 45.3 cm³/mol. The van der Waals surface area contributed by atoms with E-state index in [1.807, 2.05) is 0 Å². The lowest BCUT2D eigenvalue weighted by Crippen LogP contribution is -2.15. The van der Waals surface area contributed by atoms with Crippen LogP contribution in [-0.2, 0) is 9.59 Å². The van der Waals surface area contributed by atoms with Crippen molar-refractivity contribution in [2.75, 3.05) is 5.32 Å². The summed E-state index contributed by atoms with van der Waals surface area (Å²) >= 11 is 0.